The van der Waals surface area contributed by atoms with Crippen LogP contribution in [0.15, 0.2) is 0 Å². The van der Waals surface area contributed by atoms with Gasteiger partial charge in [0.2, 0.25) is 0 Å². The quantitative estimate of drug-likeness (QED) is 0.389. The van der Waals surface area contributed by atoms with Gasteiger partial charge in [-0.1, -0.05) is 0 Å². The molecule has 0 radical (unpaired) electrons. The molecule has 1 aliphatic heterocycles. The Labute approximate surface area is 48.7 Å². The molecule has 0 aliphatic carbocycles. The lowest BCUT2D eigenvalue weighted by Gasteiger charge is -2.51. The van der Waals surface area contributed by atoms with Gasteiger partial charge in [-0.3, -0.25) is 0 Å². The lowest BCUT2D eigenvalue weighted by molar-refractivity contribution is -0.959. The number of hydrogen-bond donors (Lipinski definition) is 1. The minimum absolute atomic E-state index is 0.389. The smallest absolute Gasteiger partial charge is 0.187 e. The Kier molecular flexibility index (Phi) is 1.27. The SMILES string of the molecule is CC(O)[N+]1([O-])CCC1. The predicted molar refractivity (Wildman–Crippen MR) is 29.7 cm³/mol. The van der Waals surface area contributed by atoms with E-state index in [4.69, 9.17) is 5.11 Å². The van der Waals surface area contributed by atoms with Gasteiger partial charge in [0.05, 0.1) is 13.1 Å². The lowest BCUT2D eigenvalue weighted by Crippen LogP contribution is -2.58. The molecule has 1 saturated heterocycles. The van der Waals surface area contributed by atoms with Gasteiger partial charge in [-0.25, -0.2) is 0 Å². The molecule has 3 nitrogen and oxygen atoms in total. The second kappa shape index (κ2) is 1.69. The van der Waals surface area contributed by atoms with Gasteiger partial charge in [0, 0.05) is 13.3 Å². The number of nitrogens with zero attached hydrogens (tertiary/aromatic N) is 1. The van der Waals surface area contributed by atoms with Crippen LogP contribution >= 0.6 is 0 Å². The van der Waals surface area contributed by atoms with Crippen LogP contribution in [0.5, 0.6) is 0 Å². The summed E-state index contributed by atoms with van der Waals surface area (Å²) in [6.07, 6.45) is 0.248. The van der Waals surface area contributed by atoms with Gasteiger partial charge in [-0.2, -0.15) is 0 Å². The Morgan fingerprint density at radius 3 is 2.12 bits per heavy atom. The monoisotopic (exact) mass is 117 g/mol. The fraction of sp³-hybridized carbons (Fsp3) is 1.00. The highest BCUT2D eigenvalue weighted by Crippen LogP contribution is 2.20. The summed E-state index contributed by atoms with van der Waals surface area (Å²) in [5, 5.41) is 19.7. The highest BCUT2D eigenvalue weighted by Gasteiger charge is 2.30. The van der Waals surface area contributed by atoms with Crippen molar-refractivity contribution in [1.29, 1.82) is 0 Å². The van der Waals surface area contributed by atoms with E-state index in [0.717, 1.165) is 6.42 Å². The van der Waals surface area contributed by atoms with E-state index in [1.54, 1.807) is 6.92 Å². The van der Waals surface area contributed by atoms with Gasteiger partial charge in [-0.05, 0) is 0 Å². The molecular formula is C5H11NO2. The molecule has 1 fully saturated rings. The van der Waals surface area contributed by atoms with E-state index in [9.17, 15) is 5.21 Å². The summed E-state index contributed by atoms with van der Waals surface area (Å²) >= 11 is 0. The summed E-state index contributed by atoms with van der Waals surface area (Å²) in [6, 6.07) is 0. The van der Waals surface area contributed by atoms with Gasteiger partial charge >= 0.3 is 0 Å². The third-order valence-corrected chi connectivity index (χ3v) is 1.75. The van der Waals surface area contributed by atoms with Crippen LogP contribution in [0.4, 0.5) is 0 Å². The van der Waals surface area contributed by atoms with Crippen molar-refractivity contribution in [2.45, 2.75) is 19.6 Å². The lowest BCUT2D eigenvalue weighted by atomic mass is 10.2. The second-order valence-corrected chi connectivity index (χ2v) is 2.38. The molecule has 8 heavy (non-hydrogen) atoms. The third kappa shape index (κ3) is 0.727. The third-order valence-electron chi connectivity index (χ3n) is 1.75. The van der Waals surface area contributed by atoms with E-state index in [1.165, 1.54) is 0 Å². The van der Waals surface area contributed by atoms with Crippen LogP contribution < -0.4 is 0 Å². The summed E-state index contributed by atoms with van der Waals surface area (Å²) in [5.41, 5.74) is 0. The first-order valence-electron chi connectivity index (χ1n) is 2.91. The van der Waals surface area contributed by atoms with Crippen LogP contribution in [0.3, 0.4) is 0 Å². The maximum absolute atomic E-state index is 10.9. The number of hydroxylamine groups is 3. The molecule has 0 saturated carbocycles. The molecule has 1 aliphatic rings. The van der Waals surface area contributed by atoms with Crippen molar-refractivity contribution in [2.24, 2.45) is 0 Å². The molecular weight excluding hydrogens is 106 g/mol. The Morgan fingerprint density at radius 2 is 2.12 bits per heavy atom. The number of likely N-dealkylation sites (tertiary alicyclic amines) is 1. The maximum Gasteiger partial charge on any atom is 0.187 e. The topological polar surface area (TPSA) is 43.3 Å². The van der Waals surface area contributed by atoms with Crippen molar-refractivity contribution < 1.29 is 9.75 Å². The molecule has 0 aromatic rings. The number of aliphatic hydroxyl groups is 1. The molecule has 3 heteroatoms. The minimum Gasteiger partial charge on any atom is -0.631 e. The van der Waals surface area contributed by atoms with Crippen molar-refractivity contribution >= 4 is 0 Å². The van der Waals surface area contributed by atoms with Gasteiger partial charge in [0.1, 0.15) is 0 Å². The van der Waals surface area contributed by atoms with E-state index < -0.39 is 6.23 Å². The molecule has 0 amide bonds. The average molecular weight is 117 g/mol. The van der Waals surface area contributed by atoms with Gasteiger partial charge < -0.3 is 15.0 Å². The molecule has 0 spiro atoms. The van der Waals surface area contributed by atoms with E-state index in [0.29, 0.717) is 13.1 Å². The van der Waals surface area contributed by atoms with Crippen molar-refractivity contribution in [1.82, 2.24) is 0 Å². The summed E-state index contributed by atoms with van der Waals surface area (Å²) in [6.45, 7) is 2.74. The van der Waals surface area contributed by atoms with E-state index in [1.807, 2.05) is 0 Å². The van der Waals surface area contributed by atoms with Crippen molar-refractivity contribution in [2.75, 3.05) is 13.1 Å². The first kappa shape index (κ1) is 6.01. The maximum atomic E-state index is 10.9. The zero-order valence-corrected chi connectivity index (χ0v) is 5.00. The Hall–Kier alpha value is -0.120. The van der Waals surface area contributed by atoms with E-state index >= 15 is 0 Å². The van der Waals surface area contributed by atoms with Crippen LogP contribution in [0.1, 0.15) is 13.3 Å². The standard InChI is InChI=1S/C5H11NO2/c1-5(7)6(8)3-2-4-6/h5,7H,2-4H2,1H3. The summed E-state index contributed by atoms with van der Waals surface area (Å²) in [5.74, 6) is 0. The van der Waals surface area contributed by atoms with Gasteiger partial charge in [0.25, 0.3) is 0 Å². The second-order valence-electron chi connectivity index (χ2n) is 2.38. The fourth-order valence-corrected chi connectivity index (χ4v) is 0.843. The van der Waals surface area contributed by atoms with Crippen LogP contribution in [-0.2, 0) is 0 Å². The Morgan fingerprint density at radius 1 is 1.62 bits per heavy atom. The minimum atomic E-state index is -0.719. The van der Waals surface area contributed by atoms with Crippen LogP contribution in [0.2, 0.25) is 0 Å². The number of rotatable bonds is 1. The fourth-order valence-electron chi connectivity index (χ4n) is 0.843. The molecule has 1 rings (SSSR count). The van der Waals surface area contributed by atoms with Crippen molar-refractivity contribution in [3.8, 4) is 0 Å². The zero-order valence-electron chi connectivity index (χ0n) is 5.00. The van der Waals surface area contributed by atoms with Crippen molar-refractivity contribution in [3.05, 3.63) is 5.21 Å². The van der Waals surface area contributed by atoms with Gasteiger partial charge in [0.15, 0.2) is 6.23 Å². The predicted octanol–water partition coefficient (Wildman–Crippen LogP) is 0.0430. The normalized spacial score (nSPS) is 28.9. The summed E-state index contributed by atoms with van der Waals surface area (Å²) in [7, 11) is 0. The Bertz CT molecular complexity index is 88.4. The first-order chi connectivity index (χ1) is 3.65. The molecule has 1 heterocycles. The van der Waals surface area contributed by atoms with Crippen LogP contribution in [0, 0.1) is 5.21 Å². The van der Waals surface area contributed by atoms with Crippen molar-refractivity contribution in [3.63, 3.8) is 0 Å². The highest BCUT2D eigenvalue weighted by molar-refractivity contribution is 4.55. The molecule has 1 N–H and O–H groups in total. The highest BCUT2D eigenvalue weighted by atomic mass is 16.6. The number of aliphatic hydroxyl groups excluding tert-OH is 1. The number of quaternary nitrogens is 1. The zero-order chi connectivity index (χ0) is 6.20. The summed E-state index contributed by atoms with van der Waals surface area (Å²) in [4.78, 5) is 0. The Balaban J connectivity index is 2.41. The van der Waals surface area contributed by atoms with Crippen LogP contribution in [-0.4, -0.2) is 29.1 Å². The largest absolute Gasteiger partial charge is 0.631 e. The van der Waals surface area contributed by atoms with E-state index in [2.05, 4.69) is 0 Å². The van der Waals surface area contributed by atoms with Gasteiger partial charge in [-0.15, -0.1) is 0 Å². The molecule has 0 bridgehead atoms. The van der Waals surface area contributed by atoms with E-state index in [-0.39, 0.29) is 4.65 Å². The summed E-state index contributed by atoms with van der Waals surface area (Å²) < 4.78 is -0.389. The first-order valence-corrected chi connectivity index (χ1v) is 2.91. The molecule has 48 valence electrons. The van der Waals surface area contributed by atoms with Crippen LogP contribution in [0.25, 0.3) is 0 Å². The number of hydrogen-bond acceptors (Lipinski definition) is 2. The molecule has 1 unspecified atom stereocenters. The molecule has 0 aromatic carbocycles. The average Bonchev–Trinajstić information content (AvgIpc) is 1.60. The molecule has 1 atom stereocenters. The molecule has 0 aromatic heterocycles.